The number of nitrogens with zero attached hydrogens (tertiary/aromatic N) is 2. The van der Waals surface area contributed by atoms with Crippen molar-refractivity contribution in [1.29, 1.82) is 0 Å². The Kier molecular flexibility index (Phi) is 3.93. The molecule has 2 aromatic rings. The molecule has 0 unspecified atom stereocenters. The van der Waals surface area contributed by atoms with Crippen molar-refractivity contribution in [3.63, 3.8) is 0 Å². The summed E-state index contributed by atoms with van der Waals surface area (Å²) in [6.45, 7) is 0.515. The van der Waals surface area contributed by atoms with Gasteiger partial charge in [0.2, 0.25) is 0 Å². The Morgan fingerprint density at radius 2 is 2.12 bits per heavy atom. The van der Waals surface area contributed by atoms with Crippen LogP contribution in [0.3, 0.4) is 0 Å². The van der Waals surface area contributed by atoms with Crippen molar-refractivity contribution in [3.05, 3.63) is 46.8 Å². The van der Waals surface area contributed by atoms with Crippen LogP contribution < -0.4 is 5.73 Å². The molecule has 0 radical (unpaired) electrons. The highest BCUT2D eigenvalue weighted by atomic mass is 79.9. The lowest BCUT2D eigenvalue weighted by molar-refractivity contribution is 1.00. The molecule has 0 bridgehead atoms. The van der Waals surface area contributed by atoms with Crippen LogP contribution in [0.1, 0.15) is 5.56 Å². The van der Waals surface area contributed by atoms with Crippen LogP contribution in [-0.2, 0) is 6.54 Å². The van der Waals surface area contributed by atoms with E-state index in [1.165, 1.54) is 0 Å². The summed E-state index contributed by atoms with van der Waals surface area (Å²) in [4.78, 5) is 9.45. The van der Waals surface area contributed by atoms with Crippen LogP contribution in [-0.4, -0.2) is 9.97 Å². The zero-order chi connectivity index (χ0) is 11.4. The maximum absolute atomic E-state index is 5.66. The molecule has 0 saturated heterocycles. The van der Waals surface area contributed by atoms with E-state index in [0.29, 0.717) is 6.54 Å². The van der Waals surface area contributed by atoms with Gasteiger partial charge in [0.25, 0.3) is 0 Å². The van der Waals surface area contributed by atoms with Crippen LogP contribution in [0.15, 0.2) is 51.2 Å². The smallest absolute Gasteiger partial charge is 0.101 e. The number of aromatic nitrogens is 2. The van der Waals surface area contributed by atoms with Crippen LogP contribution in [0.25, 0.3) is 0 Å². The molecule has 2 heterocycles. The molecule has 0 aliphatic heterocycles. The topological polar surface area (TPSA) is 51.8 Å². The average molecular weight is 296 g/mol. The van der Waals surface area contributed by atoms with E-state index in [4.69, 9.17) is 5.73 Å². The van der Waals surface area contributed by atoms with E-state index in [2.05, 4.69) is 25.9 Å². The fourth-order valence-corrected chi connectivity index (χ4v) is 2.30. The number of hydrogen-bond acceptors (Lipinski definition) is 4. The van der Waals surface area contributed by atoms with Gasteiger partial charge in [-0.2, -0.15) is 0 Å². The van der Waals surface area contributed by atoms with Gasteiger partial charge in [-0.1, -0.05) is 11.8 Å². The van der Waals surface area contributed by atoms with E-state index >= 15 is 0 Å². The molecule has 0 fully saturated rings. The lowest BCUT2D eigenvalue weighted by Crippen LogP contribution is -1.98. The first-order valence-electron chi connectivity index (χ1n) is 4.72. The van der Waals surface area contributed by atoms with Crippen LogP contribution in [0.4, 0.5) is 0 Å². The highest BCUT2D eigenvalue weighted by Gasteiger charge is 2.03. The highest BCUT2D eigenvalue weighted by molar-refractivity contribution is 9.10. The molecule has 0 aliphatic rings. The van der Waals surface area contributed by atoms with E-state index in [0.717, 1.165) is 20.0 Å². The highest BCUT2D eigenvalue weighted by Crippen LogP contribution is 2.28. The fourth-order valence-electron chi connectivity index (χ4n) is 1.20. The summed E-state index contributed by atoms with van der Waals surface area (Å²) in [6, 6.07) is 5.86. The first kappa shape index (κ1) is 11.6. The third-order valence-electron chi connectivity index (χ3n) is 2.00. The average Bonchev–Trinajstić information content (AvgIpc) is 2.33. The zero-order valence-corrected chi connectivity index (χ0v) is 10.8. The predicted octanol–water partition coefficient (Wildman–Crippen LogP) is 2.85. The third kappa shape index (κ3) is 2.81. The minimum atomic E-state index is 0.515. The van der Waals surface area contributed by atoms with Gasteiger partial charge in [0, 0.05) is 34.5 Å². The maximum atomic E-state index is 5.66. The van der Waals surface area contributed by atoms with Gasteiger partial charge in [0.15, 0.2) is 0 Å². The second-order valence-electron chi connectivity index (χ2n) is 3.10. The van der Waals surface area contributed by atoms with Gasteiger partial charge in [-0.15, -0.1) is 0 Å². The standard InChI is InChI=1S/C11H10BrN3S/c12-9-1-2-11(15-6-9)16-10-7-14-4-3-8(10)5-13/h1-4,6-7H,5,13H2. The van der Waals surface area contributed by atoms with Gasteiger partial charge in [-0.3, -0.25) is 4.98 Å². The molecule has 0 aliphatic carbocycles. The van der Waals surface area contributed by atoms with E-state index < -0.39 is 0 Å². The molecule has 5 heteroatoms. The van der Waals surface area contributed by atoms with Crippen LogP contribution in [0, 0.1) is 0 Å². The Morgan fingerprint density at radius 3 is 2.81 bits per heavy atom. The van der Waals surface area contributed by atoms with Crippen molar-refractivity contribution in [3.8, 4) is 0 Å². The van der Waals surface area contributed by atoms with Gasteiger partial charge in [-0.25, -0.2) is 4.98 Å². The normalized spacial score (nSPS) is 10.4. The lowest BCUT2D eigenvalue weighted by Gasteiger charge is -2.05. The summed E-state index contributed by atoms with van der Waals surface area (Å²) in [6.07, 6.45) is 5.35. The fraction of sp³-hybridized carbons (Fsp3) is 0.0909. The minimum absolute atomic E-state index is 0.515. The summed E-state index contributed by atoms with van der Waals surface area (Å²) < 4.78 is 0.974. The Bertz CT molecular complexity index is 473. The minimum Gasteiger partial charge on any atom is -0.326 e. The van der Waals surface area contributed by atoms with Crippen molar-refractivity contribution in [1.82, 2.24) is 9.97 Å². The van der Waals surface area contributed by atoms with Crippen molar-refractivity contribution in [2.24, 2.45) is 5.73 Å². The van der Waals surface area contributed by atoms with Gasteiger partial charge in [-0.05, 0) is 39.7 Å². The first-order chi connectivity index (χ1) is 7.79. The van der Waals surface area contributed by atoms with Crippen molar-refractivity contribution < 1.29 is 0 Å². The predicted molar refractivity (Wildman–Crippen MR) is 68.2 cm³/mol. The van der Waals surface area contributed by atoms with E-state index in [1.807, 2.05) is 24.4 Å². The Balaban J connectivity index is 2.23. The van der Waals surface area contributed by atoms with Crippen molar-refractivity contribution in [2.45, 2.75) is 16.5 Å². The lowest BCUT2D eigenvalue weighted by atomic mass is 10.3. The van der Waals surface area contributed by atoms with Crippen LogP contribution in [0.5, 0.6) is 0 Å². The summed E-state index contributed by atoms with van der Waals surface area (Å²) in [5, 5.41) is 0.936. The Hall–Kier alpha value is -0.910. The number of pyridine rings is 2. The van der Waals surface area contributed by atoms with Gasteiger partial charge < -0.3 is 5.73 Å². The molecule has 2 aromatic heterocycles. The van der Waals surface area contributed by atoms with E-state index in [9.17, 15) is 0 Å². The second-order valence-corrected chi connectivity index (χ2v) is 5.08. The molecule has 82 valence electrons. The monoisotopic (exact) mass is 295 g/mol. The third-order valence-corrected chi connectivity index (χ3v) is 3.51. The summed E-state index contributed by atoms with van der Waals surface area (Å²) in [5.74, 6) is 0. The van der Waals surface area contributed by atoms with Gasteiger partial charge in [0.05, 0.1) is 0 Å². The maximum Gasteiger partial charge on any atom is 0.101 e. The van der Waals surface area contributed by atoms with Crippen LogP contribution >= 0.6 is 27.7 Å². The van der Waals surface area contributed by atoms with Gasteiger partial charge >= 0.3 is 0 Å². The first-order valence-corrected chi connectivity index (χ1v) is 6.33. The molecule has 0 aromatic carbocycles. The Labute approximate surface area is 107 Å². The van der Waals surface area contributed by atoms with E-state index in [1.54, 1.807) is 24.2 Å². The molecule has 0 amide bonds. The summed E-state index contributed by atoms with van der Waals surface area (Å²) in [7, 11) is 0. The molecule has 0 atom stereocenters. The summed E-state index contributed by atoms with van der Waals surface area (Å²) in [5.41, 5.74) is 6.75. The molecular weight excluding hydrogens is 286 g/mol. The number of hydrogen-bond donors (Lipinski definition) is 1. The molecule has 2 rings (SSSR count). The molecular formula is C11H10BrN3S. The molecule has 0 saturated carbocycles. The van der Waals surface area contributed by atoms with Gasteiger partial charge in [0.1, 0.15) is 5.03 Å². The Morgan fingerprint density at radius 1 is 1.25 bits per heavy atom. The van der Waals surface area contributed by atoms with E-state index in [-0.39, 0.29) is 0 Å². The number of rotatable bonds is 3. The second kappa shape index (κ2) is 5.43. The molecule has 16 heavy (non-hydrogen) atoms. The number of nitrogens with two attached hydrogens (primary N) is 1. The zero-order valence-electron chi connectivity index (χ0n) is 8.43. The molecule has 0 spiro atoms. The van der Waals surface area contributed by atoms with Crippen molar-refractivity contribution >= 4 is 27.7 Å². The molecule has 3 nitrogen and oxygen atoms in total. The van der Waals surface area contributed by atoms with Crippen LogP contribution in [0.2, 0.25) is 0 Å². The largest absolute Gasteiger partial charge is 0.326 e. The SMILES string of the molecule is NCc1ccncc1Sc1ccc(Br)cn1. The van der Waals surface area contributed by atoms with Crippen molar-refractivity contribution in [2.75, 3.05) is 0 Å². The molecule has 2 N–H and O–H groups in total. The summed E-state index contributed by atoms with van der Waals surface area (Å²) >= 11 is 4.93. The quantitative estimate of drug-likeness (QED) is 0.946. The number of halogens is 1.